The third kappa shape index (κ3) is 3.77. The van der Waals surface area contributed by atoms with E-state index in [0.29, 0.717) is 18.9 Å². The van der Waals surface area contributed by atoms with Crippen molar-refractivity contribution < 1.29 is 31.1 Å². The molecular weight excluding hydrogens is 435 g/mol. The summed E-state index contributed by atoms with van der Waals surface area (Å²) in [4.78, 5) is 30.0. The molecular formula is C16H22IN6O2-. The molecule has 0 saturated heterocycles. The first-order chi connectivity index (χ1) is 12.0. The normalized spacial score (nSPS) is 19.1. The van der Waals surface area contributed by atoms with E-state index in [1.54, 1.807) is 0 Å². The Hall–Kier alpha value is -1.72. The number of hydrogen-bond acceptors (Lipinski definition) is 6. The summed E-state index contributed by atoms with van der Waals surface area (Å²) >= 11 is -0.126. The number of nitrogens with one attached hydrogen (secondary N) is 3. The number of aryl methyl sites for hydroxylation is 2. The van der Waals surface area contributed by atoms with Crippen LogP contribution in [-0.4, -0.2) is 47.9 Å². The summed E-state index contributed by atoms with van der Waals surface area (Å²) in [5, 5.41) is 5.47. The summed E-state index contributed by atoms with van der Waals surface area (Å²) in [5.74, 6) is 0.0933. The number of fused-ring (bicyclic) bond motifs is 2. The summed E-state index contributed by atoms with van der Waals surface area (Å²) in [6.45, 7) is 6.16. The van der Waals surface area contributed by atoms with Gasteiger partial charge in [0.05, 0.1) is 0 Å². The number of nitrogens with zero attached hydrogens (tertiary/aromatic N) is 2. The zero-order valence-corrected chi connectivity index (χ0v) is 16.4. The maximum absolute atomic E-state index is 12.2. The van der Waals surface area contributed by atoms with E-state index < -0.39 is 12.1 Å². The summed E-state index contributed by atoms with van der Waals surface area (Å²) in [5.41, 5.74) is 9.66. The predicted octanol–water partition coefficient (Wildman–Crippen LogP) is -2.90. The van der Waals surface area contributed by atoms with Gasteiger partial charge in [-0.25, -0.2) is 0 Å². The molecule has 2 heterocycles. The molecule has 0 spiro atoms. The molecule has 1 unspecified atom stereocenters. The number of benzene rings is 1. The molecule has 0 fully saturated rings. The number of nitrogens with two attached hydrogens (primary N) is 1. The number of amides is 3. The molecule has 1 atom stereocenters. The van der Waals surface area contributed by atoms with E-state index in [9.17, 15) is 9.59 Å². The molecule has 2 aliphatic rings. The van der Waals surface area contributed by atoms with Crippen molar-refractivity contribution in [2.24, 2.45) is 10.7 Å². The number of halogens is 1. The Balaban J connectivity index is 1.91. The van der Waals surface area contributed by atoms with E-state index in [1.165, 1.54) is 0 Å². The van der Waals surface area contributed by atoms with Crippen molar-refractivity contribution in [2.45, 2.75) is 19.9 Å². The molecule has 0 saturated carbocycles. The first kappa shape index (κ1) is 18.1. The zero-order chi connectivity index (χ0) is 18.0. The van der Waals surface area contributed by atoms with Crippen molar-refractivity contribution in [1.82, 2.24) is 8.85 Å². The van der Waals surface area contributed by atoms with Crippen LogP contribution in [0.2, 0.25) is 0 Å². The van der Waals surface area contributed by atoms with Crippen LogP contribution >= 0.6 is 0 Å². The molecule has 9 heteroatoms. The van der Waals surface area contributed by atoms with E-state index in [0.717, 1.165) is 33.5 Å². The van der Waals surface area contributed by atoms with E-state index in [2.05, 4.69) is 25.2 Å². The van der Waals surface area contributed by atoms with Gasteiger partial charge >= 0.3 is 157 Å². The molecule has 25 heavy (non-hydrogen) atoms. The van der Waals surface area contributed by atoms with Gasteiger partial charge in [0.1, 0.15) is 0 Å². The summed E-state index contributed by atoms with van der Waals surface area (Å²) < 4.78 is 4.45. The third-order valence-electron chi connectivity index (χ3n) is 4.17. The van der Waals surface area contributed by atoms with Gasteiger partial charge in [-0.2, -0.15) is 0 Å². The van der Waals surface area contributed by atoms with Crippen molar-refractivity contribution in [3.63, 3.8) is 0 Å². The van der Waals surface area contributed by atoms with Crippen molar-refractivity contribution >= 4 is 29.1 Å². The van der Waals surface area contributed by atoms with Crippen LogP contribution < -0.4 is 46.3 Å². The quantitative estimate of drug-likeness (QED) is 0.158. The van der Waals surface area contributed by atoms with Crippen LogP contribution in [0.4, 0.5) is 16.2 Å². The Morgan fingerprint density at radius 2 is 2.08 bits per heavy atom. The number of imide groups is 1. The third-order valence-corrected chi connectivity index (χ3v) is 6.41. The van der Waals surface area contributed by atoms with Gasteiger partial charge in [0, 0.05) is 0 Å². The molecule has 3 amide bonds. The van der Waals surface area contributed by atoms with Gasteiger partial charge in [-0.05, 0) is 0 Å². The Morgan fingerprint density at radius 3 is 2.84 bits per heavy atom. The van der Waals surface area contributed by atoms with E-state index in [-0.39, 0.29) is 27.4 Å². The molecule has 1 aromatic rings. The molecule has 1 aromatic carbocycles. The van der Waals surface area contributed by atoms with Crippen LogP contribution in [0.3, 0.4) is 0 Å². The Labute approximate surface area is 157 Å². The van der Waals surface area contributed by atoms with Crippen LogP contribution in [0.15, 0.2) is 17.1 Å². The Kier molecular flexibility index (Phi) is 5.54. The topological polar surface area (TPSA) is 112 Å². The van der Waals surface area contributed by atoms with Crippen LogP contribution in [0, 0.1) is 13.8 Å². The minimum absolute atomic E-state index is 0.126. The fourth-order valence-corrected chi connectivity index (χ4v) is 4.15. The molecule has 3 rings (SSSR count). The van der Waals surface area contributed by atoms with Crippen LogP contribution in [0.5, 0.6) is 0 Å². The van der Waals surface area contributed by atoms with Gasteiger partial charge in [-0.1, -0.05) is 0 Å². The van der Waals surface area contributed by atoms with Gasteiger partial charge in [0.2, 0.25) is 0 Å². The molecule has 0 radical (unpaired) electrons. The fraction of sp³-hybridized carbons (Fsp3) is 0.438. The second-order valence-electron chi connectivity index (χ2n) is 5.94. The van der Waals surface area contributed by atoms with E-state index in [4.69, 9.17) is 5.73 Å². The predicted molar refractivity (Wildman–Crippen MR) is 93.6 cm³/mol. The minimum atomic E-state index is -0.647. The SMILES string of the molecule is Cc1cc2c(cc1C)N(CCN[I-]CCN)C1=NC(=O)NC(=O)C1N2. The van der Waals surface area contributed by atoms with Gasteiger partial charge in [0.15, 0.2) is 0 Å². The van der Waals surface area contributed by atoms with Crippen LogP contribution in [-0.2, 0) is 4.79 Å². The van der Waals surface area contributed by atoms with E-state index >= 15 is 0 Å². The standard InChI is InChI=1S/C16H22IN6O2/c1-9-7-11-12(8-10(9)2)23(6-5-19-17-3-4-18)14-13(20-11)15(24)22-16(25)21-14/h7-8,13,19-20H,3-6,18H2,1-2H3,(H,22,24,25)/q-1. The molecule has 0 aliphatic carbocycles. The zero-order valence-electron chi connectivity index (χ0n) is 14.2. The van der Waals surface area contributed by atoms with Gasteiger partial charge in [0.25, 0.3) is 0 Å². The van der Waals surface area contributed by atoms with Gasteiger partial charge in [-0.15, -0.1) is 0 Å². The van der Waals surface area contributed by atoms with Crippen LogP contribution in [0.1, 0.15) is 11.1 Å². The first-order valence-corrected chi connectivity index (χ1v) is 10.7. The number of alkyl halides is 1. The average molecular weight is 457 g/mol. The van der Waals surface area contributed by atoms with Gasteiger partial charge < -0.3 is 0 Å². The molecule has 5 N–H and O–H groups in total. The van der Waals surface area contributed by atoms with Gasteiger partial charge in [-0.3, -0.25) is 0 Å². The van der Waals surface area contributed by atoms with Crippen molar-refractivity contribution in [2.75, 3.05) is 34.3 Å². The summed E-state index contributed by atoms with van der Waals surface area (Å²) in [7, 11) is 0. The number of anilines is 2. The second-order valence-corrected chi connectivity index (χ2v) is 8.55. The summed E-state index contributed by atoms with van der Waals surface area (Å²) in [6, 6.07) is 2.85. The monoisotopic (exact) mass is 457 g/mol. The second kappa shape index (κ2) is 7.67. The van der Waals surface area contributed by atoms with Crippen molar-refractivity contribution in [1.29, 1.82) is 0 Å². The number of carbonyl (C=O) groups excluding carboxylic acids is 2. The number of aliphatic imine (C=N–C) groups is 1. The van der Waals surface area contributed by atoms with Crippen molar-refractivity contribution in [3.05, 3.63) is 23.3 Å². The number of hydrogen-bond donors (Lipinski definition) is 4. The molecule has 0 aromatic heterocycles. The van der Waals surface area contributed by atoms with Crippen LogP contribution in [0.25, 0.3) is 0 Å². The number of carbonyl (C=O) groups is 2. The maximum atomic E-state index is 12.2. The number of urea groups is 1. The number of amidine groups is 1. The van der Waals surface area contributed by atoms with Crippen molar-refractivity contribution in [3.8, 4) is 0 Å². The van der Waals surface area contributed by atoms with E-state index in [1.807, 2.05) is 24.8 Å². The molecule has 2 aliphatic heterocycles. The summed E-state index contributed by atoms with van der Waals surface area (Å²) in [6.07, 6.45) is 0. The molecule has 8 nitrogen and oxygen atoms in total. The molecule has 136 valence electrons. The Bertz CT molecular complexity index is 736. The first-order valence-electron chi connectivity index (χ1n) is 8.11. The molecule has 0 bridgehead atoms. The number of rotatable bonds is 6. The Morgan fingerprint density at radius 1 is 1.32 bits per heavy atom. The average Bonchev–Trinajstić information content (AvgIpc) is 2.56. The fourth-order valence-electron chi connectivity index (χ4n) is 2.83.